The summed E-state index contributed by atoms with van der Waals surface area (Å²) in [6.45, 7) is 0.425. The molecule has 7 nitrogen and oxygen atoms in total. The molecule has 1 unspecified atom stereocenters. The molecule has 29 heavy (non-hydrogen) atoms. The lowest BCUT2D eigenvalue weighted by Crippen LogP contribution is -2.41. The third kappa shape index (κ3) is 3.53. The molecule has 0 radical (unpaired) electrons. The summed E-state index contributed by atoms with van der Waals surface area (Å²) in [5.74, 6) is -0.313. The van der Waals surface area contributed by atoms with E-state index in [0.29, 0.717) is 17.7 Å². The number of hydrogen-bond acceptors (Lipinski definition) is 5. The van der Waals surface area contributed by atoms with E-state index >= 15 is 0 Å². The lowest BCUT2D eigenvalue weighted by molar-refractivity contribution is -0.127. The molecule has 150 valence electrons. The molecule has 1 aliphatic heterocycles. The number of carbonyl (C=O) groups is 2. The zero-order chi connectivity index (χ0) is 19.8. The standard InChI is InChI=1S/C21H23N5O2S/c27-18-12-15(13-26(18)21-23-9-11-29-21)20(28)24-16-3-5-17(6-4-16)25-10-7-14-2-1-8-22-19(14)25/h1-2,7-11,15-17H,3-6,12-13H2,(H,24,28). The Balaban J connectivity index is 1.17. The summed E-state index contributed by atoms with van der Waals surface area (Å²) in [4.78, 5) is 35.4. The van der Waals surface area contributed by atoms with E-state index in [1.807, 2.05) is 17.6 Å². The molecule has 1 atom stereocenters. The van der Waals surface area contributed by atoms with Crippen molar-refractivity contribution in [2.45, 2.75) is 44.2 Å². The Morgan fingerprint density at radius 1 is 1.14 bits per heavy atom. The largest absolute Gasteiger partial charge is 0.353 e. The molecule has 3 aromatic rings. The van der Waals surface area contributed by atoms with Gasteiger partial charge in [-0.2, -0.15) is 0 Å². The molecule has 2 aliphatic rings. The highest BCUT2D eigenvalue weighted by molar-refractivity contribution is 7.13. The van der Waals surface area contributed by atoms with Crippen molar-refractivity contribution in [3.63, 3.8) is 0 Å². The number of carbonyl (C=O) groups excluding carboxylic acids is 2. The van der Waals surface area contributed by atoms with E-state index in [4.69, 9.17) is 0 Å². The maximum Gasteiger partial charge on any atom is 0.229 e. The molecule has 0 bridgehead atoms. The molecule has 1 saturated carbocycles. The van der Waals surface area contributed by atoms with E-state index in [9.17, 15) is 9.59 Å². The number of hydrogen-bond donors (Lipinski definition) is 1. The van der Waals surface area contributed by atoms with Crippen LogP contribution in [0.4, 0.5) is 5.13 Å². The highest BCUT2D eigenvalue weighted by atomic mass is 32.1. The highest BCUT2D eigenvalue weighted by Crippen LogP contribution is 2.32. The Labute approximate surface area is 172 Å². The normalized spacial score (nSPS) is 24.9. The fraction of sp³-hybridized carbons (Fsp3) is 0.429. The van der Waals surface area contributed by atoms with Gasteiger partial charge in [-0.25, -0.2) is 9.97 Å². The number of fused-ring (bicyclic) bond motifs is 1. The summed E-state index contributed by atoms with van der Waals surface area (Å²) < 4.78 is 2.27. The number of aromatic nitrogens is 3. The molecule has 1 aliphatic carbocycles. The molecule has 1 saturated heterocycles. The third-order valence-electron chi connectivity index (χ3n) is 6.06. The number of nitrogens with one attached hydrogen (secondary N) is 1. The van der Waals surface area contributed by atoms with Gasteiger partial charge < -0.3 is 9.88 Å². The van der Waals surface area contributed by atoms with Gasteiger partial charge in [0.1, 0.15) is 5.65 Å². The first kappa shape index (κ1) is 18.3. The molecule has 0 aromatic carbocycles. The van der Waals surface area contributed by atoms with E-state index in [1.165, 1.54) is 16.7 Å². The summed E-state index contributed by atoms with van der Waals surface area (Å²) in [7, 11) is 0. The van der Waals surface area contributed by atoms with Crippen molar-refractivity contribution in [2.24, 2.45) is 5.92 Å². The van der Waals surface area contributed by atoms with Gasteiger partial charge in [-0.1, -0.05) is 0 Å². The molecule has 8 heteroatoms. The Morgan fingerprint density at radius 3 is 2.79 bits per heavy atom. The first-order valence-electron chi connectivity index (χ1n) is 10.1. The summed E-state index contributed by atoms with van der Waals surface area (Å²) in [6, 6.07) is 6.76. The number of nitrogens with zero attached hydrogens (tertiary/aromatic N) is 4. The number of pyridine rings is 1. The van der Waals surface area contributed by atoms with Crippen LogP contribution in [-0.4, -0.2) is 38.9 Å². The Bertz CT molecular complexity index is 1020. The van der Waals surface area contributed by atoms with Crippen molar-refractivity contribution in [1.29, 1.82) is 0 Å². The Hall–Kier alpha value is -2.74. The van der Waals surface area contributed by atoms with E-state index < -0.39 is 0 Å². The van der Waals surface area contributed by atoms with Gasteiger partial charge in [-0.15, -0.1) is 11.3 Å². The zero-order valence-electron chi connectivity index (χ0n) is 16.0. The summed E-state index contributed by atoms with van der Waals surface area (Å²) in [5, 5.41) is 6.88. The van der Waals surface area contributed by atoms with E-state index in [2.05, 4.69) is 38.2 Å². The molecule has 2 amide bonds. The predicted octanol–water partition coefficient (Wildman–Crippen LogP) is 3.15. The number of anilines is 1. The molecular weight excluding hydrogens is 386 g/mol. The van der Waals surface area contributed by atoms with Crippen LogP contribution in [0.15, 0.2) is 42.2 Å². The van der Waals surface area contributed by atoms with Crippen molar-refractivity contribution < 1.29 is 9.59 Å². The minimum atomic E-state index is -0.290. The average Bonchev–Trinajstić information content (AvgIpc) is 3.48. The number of rotatable bonds is 4. The Morgan fingerprint density at radius 2 is 2.00 bits per heavy atom. The van der Waals surface area contributed by atoms with Gasteiger partial charge >= 0.3 is 0 Å². The fourth-order valence-electron chi connectivity index (χ4n) is 4.52. The monoisotopic (exact) mass is 409 g/mol. The van der Waals surface area contributed by atoms with Crippen LogP contribution >= 0.6 is 11.3 Å². The van der Waals surface area contributed by atoms with E-state index in [1.54, 1.807) is 11.1 Å². The van der Waals surface area contributed by atoms with Gasteiger partial charge in [0.2, 0.25) is 11.8 Å². The number of thiazole rings is 1. The predicted molar refractivity (Wildman–Crippen MR) is 112 cm³/mol. The van der Waals surface area contributed by atoms with Crippen LogP contribution in [0.5, 0.6) is 0 Å². The first-order valence-corrected chi connectivity index (χ1v) is 11.0. The molecular formula is C21H23N5O2S. The molecule has 3 aromatic heterocycles. The van der Waals surface area contributed by atoms with Gasteiger partial charge in [-0.05, 0) is 43.9 Å². The second-order valence-electron chi connectivity index (χ2n) is 7.87. The second kappa shape index (κ2) is 7.59. The minimum Gasteiger partial charge on any atom is -0.353 e. The maximum atomic E-state index is 12.7. The van der Waals surface area contributed by atoms with Crippen LogP contribution in [0.1, 0.15) is 38.1 Å². The SMILES string of the molecule is O=C(NC1CCC(n2ccc3cccnc32)CC1)C1CC(=O)N(c2nccs2)C1. The second-order valence-corrected chi connectivity index (χ2v) is 8.75. The van der Waals surface area contributed by atoms with Crippen LogP contribution < -0.4 is 10.2 Å². The smallest absolute Gasteiger partial charge is 0.229 e. The van der Waals surface area contributed by atoms with Crippen LogP contribution in [0.25, 0.3) is 11.0 Å². The quantitative estimate of drug-likeness (QED) is 0.718. The van der Waals surface area contributed by atoms with Crippen molar-refractivity contribution in [3.05, 3.63) is 42.2 Å². The number of amides is 2. The van der Waals surface area contributed by atoms with Crippen LogP contribution in [-0.2, 0) is 9.59 Å². The van der Waals surface area contributed by atoms with Crippen molar-refractivity contribution >= 4 is 39.3 Å². The fourth-order valence-corrected chi connectivity index (χ4v) is 5.18. The van der Waals surface area contributed by atoms with Crippen molar-refractivity contribution in [1.82, 2.24) is 19.9 Å². The van der Waals surface area contributed by atoms with Gasteiger partial charge in [0, 0.05) is 54.4 Å². The molecule has 4 heterocycles. The summed E-state index contributed by atoms with van der Waals surface area (Å²) >= 11 is 1.43. The van der Waals surface area contributed by atoms with Crippen LogP contribution in [0.2, 0.25) is 0 Å². The first-order chi connectivity index (χ1) is 14.2. The third-order valence-corrected chi connectivity index (χ3v) is 6.85. The highest BCUT2D eigenvalue weighted by Gasteiger charge is 2.37. The molecule has 0 spiro atoms. The average molecular weight is 410 g/mol. The molecule has 1 N–H and O–H groups in total. The minimum absolute atomic E-state index is 0.00561. The Kier molecular flexibility index (Phi) is 4.79. The van der Waals surface area contributed by atoms with E-state index in [0.717, 1.165) is 31.3 Å². The van der Waals surface area contributed by atoms with Crippen LogP contribution in [0.3, 0.4) is 0 Å². The van der Waals surface area contributed by atoms with E-state index in [-0.39, 0.29) is 30.2 Å². The molecule has 2 fully saturated rings. The lowest BCUT2D eigenvalue weighted by atomic mass is 9.90. The molecule has 5 rings (SSSR count). The maximum absolute atomic E-state index is 12.7. The lowest BCUT2D eigenvalue weighted by Gasteiger charge is -2.31. The van der Waals surface area contributed by atoms with Gasteiger partial charge in [0.25, 0.3) is 0 Å². The zero-order valence-corrected chi connectivity index (χ0v) is 16.8. The van der Waals surface area contributed by atoms with Crippen LogP contribution in [0, 0.1) is 5.92 Å². The topological polar surface area (TPSA) is 80.1 Å². The van der Waals surface area contributed by atoms with Gasteiger partial charge in [0.15, 0.2) is 5.13 Å². The van der Waals surface area contributed by atoms with Gasteiger partial charge in [0.05, 0.1) is 5.92 Å². The van der Waals surface area contributed by atoms with Crippen molar-refractivity contribution in [3.8, 4) is 0 Å². The summed E-state index contributed by atoms with van der Waals surface area (Å²) in [6.07, 6.45) is 9.82. The van der Waals surface area contributed by atoms with Crippen molar-refractivity contribution in [2.75, 3.05) is 11.4 Å². The summed E-state index contributed by atoms with van der Waals surface area (Å²) in [5.41, 5.74) is 1.03. The van der Waals surface area contributed by atoms with Gasteiger partial charge in [-0.3, -0.25) is 14.5 Å².